The summed E-state index contributed by atoms with van der Waals surface area (Å²) < 4.78 is 55.3. The molecule has 0 saturated carbocycles. The van der Waals surface area contributed by atoms with Crippen LogP contribution in [-0.4, -0.2) is 18.1 Å². The molecule has 0 aliphatic rings. The quantitative estimate of drug-likeness (QED) is 0.356. The van der Waals surface area contributed by atoms with E-state index >= 15 is 0 Å². The molecule has 0 spiro atoms. The Morgan fingerprint density at radius 2 is 1.48 bits per heavy atom. The summed E-state index contributed by atoms with van der Waals surface area (Å²) in [5.41, 5.74) is 2.11. The maximum atomic E-state index is 13.6. The first-order valence-electron chi connectivity index (χ1n) is 8.85. The Balaban J connectivity index is 2.12. The van der Waals surface area contributed by atoms with E-state index in [-0.39, 0.29) is 15.5 Å². The second-order valence-corrected chi connectivity index (χ2v) is 9.31. The first-order valence-corrected chi connectivity index (χ1v) is 11.2. The molecule has 4 rings (SSSR count). The molecular weight excluding hydrogens is 412 g/mol. The predicted octanol–water partition coefficient (Wildman–Crippen LogP) is 6.17. The Morgan fingerprint density at radius 1 is 0.862 bits per heavy atom. The number of fused-ring (bicyclic) bond motifs is 1. The number of aromatic nitrogens is 1. The molecule has 1 heterocycles. The minimum atomic E-state index is -4.02. The van der Waals surface area contributed by atoms with Crippen molar-refractivity contribution in [1.29, 1.82) is 0 Å². The zero-order valence-electron chi connectivity index (χ0n) is 15.4. The van der Waals surface area contributed by atoms with Gasteiger partial charge in [-0.15, -0.1) is 0 Å². The summed E-state index contributed by atoms with van der Waals surface area (Å²) in [6.07, 6.45) is 0. The van der Waals surface area contributed by atoms with E-state index in [4.69, 9.17) is 0 Å². The van der Waals surface area contributed by atoms with Crippen molar-refractivity contribution in [3.05, 3.63) is 84.4 Å². The first kappa shape index (κ1) is 19.7. The maximum absolute atomic E-state index is 13.6. The molecule has 0 aliphatic heterocycles. The Labute approximate surface area is 172 Å². The molecule has 0 radical (unpaired) electrons. The van der Waals surface area contributed by atoms with Crippen molar-refractivity contribution in [3.63, 3.8) is 0 Å². The van der Waals surface area contributed by atoms with Gasteiger partial charge in [0, 0.05) is 15.8 Å². The number of nitrogens with zero attached hydrogens (tertiary/aromatic N) is 1. The molecular formula is C22H17F2NO2S2. The van der Waals surface area contributed by atoms with Gasteiger partial charge in [0.2, 0.25) is 0 Å². The van der Waals surface area contributed by atoms with Gasteiger partial charge < -0.3 is 0 Å². The Hall–Kier alpha value is -2.64. The standard InChI is InChI=1S/C22H17F2NO2S2/c1-15-11-13-17(14-12-15)29(26,27)25-19-10-6-5-9-18(19)21(28-22(23)24)20(25)16-7-3-2-4-8-16/h2-14,22H,1H3. The molecule has 0 bridgehead atoms. The van der Waals surface area contributed by atoms with Crippen molar-refractivity contribution in [2.75, 3.05) is 0 Å². The molecule has 148 valence electrons. The number of aryl methyl sites for hydroxylation is 1. The number of rotatable bonds is 5. The number of benzene rings is 3. The molecule has 3 nitrogen and oxygen atoms in total. The lowest BCUT2D eigenvalue weighted by molar-refractivity contribution is 0.252. The summed E-state index contributed by atoms with van der Waals surface area (Å²) in [4.78, 5) is 0.354. The van der Waals surface area contributed by atoms with Crippen molar-refractivity contribution < 1.29 is 17.2 Å². The number of halogens is 2. The van der Waals surface area contributed by atoms with Crippen LogP contribution in [0.25, 0.3) is 22.2 Å². The van der Waals surface area contributed by atoms with Crippen LogP contribution in [0.5, 0.6) is 0 Å². The number of alkyl halides is 2. The fraction of sp³-hybridized carbons (Fsp3) is 0.0909. The van der Waals surface area contributed by atoms with Crippen LogP contribution < -0.4 is 0 Å². The van der Waals surface area contributed by atoms with E-state index in [0.717, 1.165) is 5.56 Å². The number of para-hydroxylation sites is 1. The van der Waals surface area contributed by atoms with E-state index in [1.54, 1.807) is 66.7 Å². The fourth-order valence-electron chi connectivity index (χ4n) is 3.30. The Kier molecular flexibility index (Phi) is 5.19. The van der Waals surface area contributed by atoms with Gasteiger partial charge in [0.25, 0.3) is 15.8 Å². The lowest BCUT2D eigenvalue weighted by Crippen LogP contribution is -2.14. The summed E-state index contributed by atoms with van der Waals surface area (Å²) in [6, 6.07) is 22.0. The molecule has 0 saturated heterocycles. The van der Waals surface area contributed by atoms with Gasteiger partial charge in [-0.2, -0.15) is 8.78 Å². The molecule has 0 amide bonds. The summed E-state index contributed by atoms with van der Waals surface area (Å²) in [6.45, 7) is 1.87. The van der Waals surface area contributed by atoms with Gasteiger partial charge in [0.15, 0.2) is 0 Å². The average Bonchev–Trinajstić information content (AvgIpc) is 3.03. The van der Waals surface area contributed by atoms with E-state index in [1.807, 2.05) is 6.92 Å². The third-order valence-corrected chi connectivity index (χ3v) is 7.15. The average molecular weight is 430 g/mol. The van der Waals surface area contributed by atoms with Crippen LogP contribution in [0.15, 0.2) is 88.7 Å². The highest BCUT2D eigenvalue weighted by molar-refractivity contribution is 8.00. The molecule has 0 unspecified atom stereocenters. The lowest BCUT2D eigenvalue weighted by Gasteiger charge is -2.13. The molecule has 0 aliphatic carbocycles. The zero-order valence-corrected chi connectivity index (χ0v) is 17.1. The minimum Gasteiger partial charge on any atom is -0.232 e. The van der Waals surface area contributed by atoms with Crippen LogP contribution in [0, 0.1) is 6.92 Å². The van der Waals surface area contributed by atoms with Gasteiger partial charge in [-0.1, -0.05) is 78.0 Å². The maximum Gasteiger partial charge on any atom is 0.289 e. The van der Waals surface area contributed by atoms with Crippen LogP contribution in [0.2, 0.25) is 0 Å². The Morgan fingerprint density at radius 3 is 2.14 bits per heavy atom. The normalized spacial score (nSPS) is 12.0. The minimum absolute atomic E-state index is 0.106. The molecule has 0 atom stereocenters. The van der Waals surface area contributed by atoms with Crippen LogP contribution in [0.3, 0.4) is 0 Å². The summed E-state index contributed by atoms with van der Waals surface area (Å²) in [5, 5.41) is 0.479. The summed E-state index contributed by atoms with van der Waals surface area (Å²) in [7, 11) is -4.02. The zero-order chi connectivity index (χ0) is 20.6. The highest BCUT2D eigenvalue weighted by atomic mass is 32.2. The van der Waals surface area contributed by atoms with Gasteiger partial charge in [-0.05, 0) is 25.1 Å². The van der Waals surface area contributed by atoms with E-state index in [1.165, 1.54) is 16.1 Å². The van der Waals surface area contributed by atoms with E-state index in [9.17, 15) is 17.2 Å². The van der Waals surface area contributed by atoms with Crippen molar-refractivity contribution in [3.8, 4) is 11.3 Å². The van der Waals surface area contributed by atoms with E-state index < -0.39 is 15.8 Å². The number of hydrogen-bond donors (Lipinski definition) is 0. The highest BCUT2D eigenvalue weighted by Gasteiger charge is 2.29. The number of thioether (sulfide) groups is 1. The number of hydrogen-bond acceptors (Lipinski definition) is 3. The highest BCUT2D eigenvalue weighted by Crippen LogP contribution is 2.44. The van der Waals surface area contributed by atoms with Gasteiger partial charge in [0.05, 0.1) is 16.1 Å². The smallest absolute Gasteiger partial charge is 0.232 e. The molecule has 0 fully saturated rings. The van der Waals surface area contributed by atoms with Gasteiger partial charge in [0.1, 0.15) is 0 Å². The topological polar surface area (TPSA) is 39.1 Å². The van der Waals surface area contributed by atoms with Gasteiger partial charge in [-0.3, -0.25) is 0 Å². The third-order valence-electron chi connectivity index (χ3n) is 4.60. The molecule has 3 aromatic carbocycles. The molecule has 4 aromatic rings. The lowest BCUT2D eigenvalue weighted by atomic mass is 10.1. The first-order chi connectivity index (χ1) is 13.9. The van der Waals surface area contributed by atoms with Crippen molar-refractivity contribution in [1.82, 2.24) is 3.97 Å². The van der Waals surface area contributed by atoms with Crippen LogP contribution >= 0.6 is 11.8 Å². The summed E-state index contributed by atoms with van der Waals surface area (Å²) in [5.74, 6) is -2.68. The van der Waals surface area contributed by atoms with Crippen LogP contribution in [0.4, 0.5) is 8.78 Å². The van der Waals surface area contributed by atoms with Crippen molar-refractivity contribution in [2.45, 2.75) is 22.5 Å². The van der Waals surface area contributed by atoms with Crippen LogP contribution in [-0.2, 0) is 10.0 Å². The third kappa shape index (κ3) is 3.56. The molecule has 1 aromatic heterocycles. The molecule has 29 heavy (non-hydrogen) atoms. The van der Waals surface area contributed by atoms with Gasteiger partial charge >= 0.3 is 0 Å². The second-order valence-electron chi connectivity index (χ2n) is 6.52. The monoisotopic (exact) mass is 429 g/mol. The fourth-order valence-corrected chi connectivity index (χ4v) is 5.70. The second kappa shape index (κ2) is 7.65. The van der Waals surface area contributed by atoms with E-state index in [2.05, 4.69) is 0 Å². The predicted molar refractivity (Wildman–Crippen MR) is 113 cm³/mol. The SMILES string of the molecule is Cc1ccc(S(=O)(=O)n2c(-c3ccccc3)c(SC(F)F)c3ccccc32)cc1. The largest absolute Gasteiger partial charge is 0.289 e. The van der Waals surface area contributed by atoms with Crippen molar-refractivity contribution in [2.24, 2.45) is 0 Å². The van der Waals surface area contributed by atoms with Crippen LogP contribution in [0.1, 0.15) is 5.56 Å². The Bertz CT molecular complexity index is 1270. The molecule has 0 N–H and O–H groups in total. The van der Waals surface area contributed by atoms with Gasteiger partial charge in [-0.25, -0.2) is 12.4 Å². The van der Waals surface area contributed by atoms with E-state index in [0.29, 0.717) is 28.2 Å². The van der Waals surface area contributed by atoms with Crippen molar-refractivity contribution >= 4 is 32.7 Å². The molecule has 7 heteroatoms. The summed E-state index contributed by atoms with van der Waals surface area (Å²) >= 11 is 0.365.